The lowest BCUT2D eigenvalue weighted by molar-refractivity contribution is 0.477. The lowest BCUT2D eigenvalue weighted by Gasteiger charge is -2.02. The van der Waals surface area contributed by atoms with Crippen LogP contribution in [-0.4, -0.2) is 15.5 Å². The van der Waals surface area contributed by atoms with Crippen LogP contribution >= 0.6 is 0 Å². The molecular formula is C11H12N4O2. The van der Waals surface area contributed by atoms with Crippen LogP contribution in [0.15, 0.2) is 38.6 Å². The third kappa shape index (κ3) is 2.10. The predicted octanol–water partition coefficient (Wildman–Crippen LogP) is 0.817. The smallest absolute Gasteiger partial charge is 0.392 e. The summed E-state index contributed by atoms with van der Waals surface area (Å²) in [5, 5.41) is 7.58. The molecule has 2 aromatic rings. The molecule has 0 aliphatic rings. The van der Waals surface area contributed by atoms with E-state index < -0.39 is 5.76 Å². The third-order valence-corrected chi connectivity index (χ3v) is 2.35. The molecule has 0 fully saturated rings. The topological polar surface area (TPSA) is 86.4 Å². The van der Waals surface area contributed by atoms with E-state index in [4.69, 9.17) is 10.3 Å². The second-order valence-electron chi connectivity index (χ2n) is 3.56. The fraction of sp³-hybridized carbons (Fsp3) is 0.182. The van der Waals surface area contributed by atoms with Crippen molar-refractivity contribution < 1.29 is 4.42 Å². The van der Waals surface area contributed by atoms with E-state index in [0.29, 0.717) is 17.3 Å². The van der Waals surface area contributed by atoms with Crippen molar-refractivity contribution in [3.05, 3.63) is 46.3 Å². The first-order chi connectivity index (χ1) is 8.11. The first-order valence-corrected chi connectivity index (χ1v) is 5.04. The average molecular weight is 232 g/mol. The normalized spacial score (nSPS) is 11.8. The molecule has 0 aliphatic carbocycles. The van der Waals surface area contributed by atoms with Crippen LogP contribution < -0.4 is 11.6 Å². The number of hydrogen-bond acceptors (Lipinski definition) is 5. The number of nitrogens with zero attached hydrogens (tertiary/aromatic N) is 3. The molecule has 0 saturated carbocycles. The molecular weight excluding hydrogens is 220 g/mol. The van der Waals surface area contributed by atoms with Crippen LogP contribution in [0.4, 0.5) is 0 Å². The highest BCUT2D eigenvalue weighted by atomic mass is 16.4. The zero-order valence-corrected chi connectivity index (χ0v) is 9.54. The molecule has 2 rings (SSSR count). The molecule has 0 bridgehead atoms. The molecule has 2 N–H and O–H groups in total. The van der Waals surface area contributed by atoms with E-state index in [9.17, 15) is 4.79 Å². The van der Waals surface area contributed by atoms with Gasteiger partial charge in [-0.2, -0.15) is 9.78 Å². The van der Waals surface area contributed by atoms with Gasteiger partial charge >= 0.3 is 5.76 Å². The minimum atomic E-state index is -0.512. The van der Waals surface area contributed by atoms with E-state index in [2.05, 4.69) is 10.2 Å². The fourth-order valence-corrected chi connectivity index (χ4v) is 1.47. The summed E-state index contributed by atoms with van der Waals surface area (Å²) in [4.78, 5) is 11.5. The van der Waals surface area contributed by atoms with Crippen molar-refractivity contribution in [1.82, 2.24) is 9.78 Å². The highest BCUT2D eigenvalue weighted by Gasteiger charge is 2.07. The highest BCUT2D eigenvalue weighted by Crippen LogP contribution is 2.09. The summed E-state index contributed by atoms with van der Waals surface area (Å²) in [7, 11) is 0. The van der Waals surface area contributed by atoms with Crippen LogP contribution in [0.25, 0.3) is 5.69 Å². The standard InChI is InChI=1S/C11H12N4O2/c1-7(13-12)9-4-3-5-10(6-9)15-11(16)17-8(2)14-15/h3-6H,12H2,1-2H3/b13-7+. The number of nitrogens with two attached hydrogens (primary N) is 1. The van der Waals surface area contributed by atoms with Crippen LogP contribution in [0.2, 0.25) is 0 Å². The number of rotatable bonds is 2. The van der Waals surface area contributed by atoms with Gasteiger partial charge in [0.25, 0.3) is 0 Å². The molecule has 0 radical (unpaired) electrons. The van der Waals surface area contributed by atoms with Crippen LogP contribution in [0.3, 0.4) is 0 Å². The Morgan fingerprint density at radius 2 is 2.29 bits per heavy atom. The summed E-state index contributed by atoms with van der Waals surface area (Å²) in [6, 6.07) is 7.19. The van der Waals surface area contributed by atoms with Gasteiger partial charge in [0.05, 0.1) is 11.4 Å². The molecule has 1 heterocycles. The molecule has 0 atom stereocenters. The largest absolute Gasteiger partial charge is 0.441 e. The predicted molar refractivity (Wildman–Crippen MR) is 63.2 cm³/mol. The second-order valence-corrected chi connectivity index (χ2v) is 3.56. The summed E-state index contributed by atoms with van der Waals surface area (Å²) >= 11 is 0. The molecule has 0 amide bonds. The molecule has 6 heteroatoms. The summed E-state index contributed by atoms with van der Waals surface area (Å²) in [5.74, 6) is 5.02. The van der Waals surface area contributed by atoms with Crippen molar-refractivity contribution in [3.63, 3.8) is 0 Å². The van der Waals surface area contributed by atoms with Gasteiger partial charge in [-0.25, -0.2) is 4.79 Å². The Bertz CT molecular complexity index is 624. The van der Waals surface area contributed by atoms with E-state index in [-0.39, 0.29) is 0 Å². The van der Waals surface area contributed by atoms with Crippen LogP contribution in [0.5, 0.6) is 0 Å². The summed E-state index contributed by atoms with van der Waals surface area (Å²) < 4.78 is 6.03. The monoisotopic (exact) mass is 232 g/mol. The summed E-state index contributed by atoms with van der Waals surface area (Å²) in [6.07, 6.45) is 0. The minimum absolute atomic E-state index is 0.324. The van der Waals surface area contributed by atoms with Gasteiger partial charge in [0, 0.05) is 6.92 Å². The summed E-state index contributed by atoms with van der Waals surface area (Å²) in [6.45, 7) is 3.41. The number of aryl methyl sites for hydroxylation is 1. The molecule has 1 aromatic heterocycles. The Morgan fingerprint density at radius 1 is 1.53 bits per heavy atom. The first kappa shape index (κ1) is 11.1. The van der Waals surface area contributed by atoms with E-state index in [1.807, 2.05) is 6.07 Å². The van der Waals surface area contributed by atoms with E-state index in [0.717, 1.165) is 5.56 Å². The number of benzene rings is 1. The van der Waals surface area contributed by atoms with Crippen molar-refractivity contribution in [2.75, 3.05) is 0 Å². The van der Waals surface area contributed by atoms with E-state index in [1.54, 1.807) is 32.0 Å². The molecule has 88 valence electrons. The van der Waals surface area contributed by atoms with E-state index in [1.165, 1.54) is 4.68 Å². The van der Waals surface area contributed by atoms with Gasteiger partial charge in [0.1, 0.15) is 0 Å². The second kappa shape index (κ2) is 4.25. The van der Waals surface area contributed by atoms with Crippen LogP contribution in [-0.2, 0) is 0 Å². The van der Waals surface area contributed by atoms with Crippen molar-refractivity contribution in [3.8, 4) is 5.69 Å². The number of aromatic nitrogens is 2. The quantitative estimate of drug-likeness (QED) is 0.471. The molecule has 6 nitrogen and oxygen atoms in total. The Morgan fingerprint density at radius 3 is 2.88 bits per heavy atom. The van der Waals surface area contributed by atoms with Crippen molar-refractivity contribution in [2.24, 2.45) is 10.9 Å². The number of hydrazone groups is 1. The van der Waals surface area contributed by atoms with Crippen molar-refractivity contribution in [1.29, 1.82) is 0 Å². The Labute approximate surface area is 97.4 Å². The first-order valence-electron chi connectivity index (χ1n) is 5.04. The maximum absolute atomic E-state index is 11.5. The molecule has 0 saturated heterocycles. The maximum Gasteiger partial charge on any atom is 0.441 e. The van der Waals surface area contributed by atoms with E-state index >= 15 is 0 Å². The Hall–Kier alpha value is -2.37. The van der Waals surface area contributed by atoms with Crippen LogP contribution in [0.1, 0.15) is 18.4 Å². The van der Waals surface area contributed by atoms with Gasteiger partial charge in [0.2, 0.25) is 5.89 Å². The van der Waals surface area contributed by atoms with Gasteiger partial charge in [0.15, 0.2) is 0 Å². The van der Waals surface area contributed by atoms with Crippen LogP contribution in [0, 0.1) is 6.92 Å². The average Bonchev–Trinajstić information content (AvgIpc) is 2.67. The molecule has 0 aliphatic heterocycles. The van der Waals surface area contributed by atoms with Gasteiger partial charge < -0.3 is 10.3 Å². The third-order valence-electron chi connectivity index (χ3n) is 2.35. The van der Waals surface area contributed by atoms with Gasteiger partial charge in [-0.15, -0.1) is 5.10 Å². The zero-order valence-electron chi connectivity index (χ0n) is 9.54. The van der Waals surface area contributed by atoms with Crippen molar-refractivity contribution in [2.45, 2.75) is 13.8 Å². The summed E-state index contributed by atoms with van der Waals surface area (Å²) in [5.41, 5.74) is 2.13. The zero-order chi connectivity index (χ0) is 12.4. The molecule has 17 heavy (non-hydrogen) atoms. The Kier molecular flexibility index (Phi) is 2.78. The maximum atomic E-state index is 11.5. The minimum Gasteiger partial charge on any atom is -0.392 e. The molecule has 0 unspecified atom stereocenters. The highest BCUT2D eigenvalue weighted by molar-refractivity contribution is 5.98. The fourth-order valence-electron chi connectivity index (χ4n) is 1.47. The van der Waals surface area contributed by atoms with Gasteiger partial charge in [-0.1, -0.05) is 12.1 Å². The lowest BCUT2D eigenvalue weighted by atomic mass is 10.1. The Balaban J connectivity index is 2.54. The van der Waals surface area contributed by atoms with Gasteiger partial charge in [-0.05, 0) is 24.6 Å². The SMILES string of the molecule is C/C(=N\N)c1cccc(-n2nc(C)oc2=O)c1. The van der Waals surface area contributed by atoms with Gasteiger partial charge in [-0.3, -0.25) is 0 Å². The lowest BCUT2D eigenvalue weighted by Crippen LogP contribution is -2.14. The molecule has 0 spiro atoms. The number of hydrogen-bond donors (Lipinski definition) is 1. The molecule has 1 aromatic carbocycles. The van der Waals surface area contributed by atoms with Crippen molar-refractivity contribution >= 4 is 5.71 Å².